The molecule has 2 heterocycles. The lowest BCUT2D eigenvalue weighted by Crippen LogP contribution is -2.51. The van der Waals surface area contributed by atoms with E-state index >= 15 is 0 Å². The van der Waals surface area contributed by atoms with Gasteiger partial charge >= 0.3 is 0 Å². The smallest absolute Gasteiger partial charge is 0.216 e. The van der Waals surface area contributed by atoms with Crippen molar-refractivity contribution in [2.75, 3.05) is 26.8 Å². The van der Waals surface area contributed by atoms with Crippen molar-refractivity contribution in [3.8, 4) is 5.88 Å². The molecule has 1 aromatic heterocycles. The van der Waals surface area contributed by atoms with Crippen molar-refractivity contribution >= 4 is 0 Å². The van der Waals surface area contributed by atoms with Gasteiger partial charge in [-0.15, -0.1) is 0 Å². The molecule has 0 aromatic carbocycles. The van der Waals surface area contributed by atoms with Crippen LogP contribution in [0.4, 0.5) is 0 Å². The van der Waals surface area contributed by atoms with Gasteiger partial charge in [0.25, 0.3) is 0 Å². The number of aryl methyl sites for hydroxylation is 2. The monoisotopic (exact) mass is 294 g/mol. The fourth-order valence-electron chi connectivity index (χ4n) is 4.04. The lowest BCUT2D eigenvalue weighted by Gasteiger charge is -2.42. The van der Waals surface area contributed by atoms with Crippen LogP contribution in [0.2, 0.25) is 0 Å². The minimum atomic E-state index is 0.156. The van der Waals surface area contributed by atoms with Crippen LogP contribution in [0, 0.1) is 6.92 Å². The van der Waals surface area contributed by atoms with Crippen molar-refractivity contribution in [1.29, 1.82) is 0 Å². The molecule has 0 spiro atoms. The highest BCUT2D eigenvalue weighted by atomic mass is 16.5. The van der Waals surface area contributed by atoms with E-state index < -0.39 is 0 Å². The summed E-state index contributed by atoms with van der Waals surface area (Å²) in [4.78, 5) is 2.52. The van der Waals surface area contributed by atoms with Gasteiger partial charge in [0.1, 0.15) is 0 Å². The molecule has 21 heavy (non-hydrogen) atoms. The summed E-state index contributed by atoms with van der Waals surface area (Å²) in [5.74, 6) is 0.823. The normalized spacial score (nSPS) is 27.6. The average Bonchev–Trinajstić information content (AvgIpc) is 3.05. The first-order valence-corrected chi connectivity index (χ1v) is 7.82. The zero-order valence-electron chi connectivity index (χ0n) is 13.2. The van der Waals surface area contributed by atoms with E-state index in [1.807, 2.05) is 14.0 Å². The Hall–Kier alpha value is -1.11. The molecule has 6 heteroatoms. The predicted octanol–water partition coefficient (Wildman–Crippen LogP) is 0.990. The summed E-state index contributed by atoms with van der Waals surface area (Å²) in [7, 11) is 3.62. The Bertz CT molecular complexity index is 502. The van der Waals surface area contributed by atoms with E-state index in [1.165, 1.54) is 19.3 Å². The highest BCUT2D eigenvalue weighted by Gasteiger charge is 2.40. The summed E-state index contributed by atoms with van der Waals surface area (Å²) < 4.78 is 13.3. The molecule has 0 radical (unpaired) electrons. The van der Waals surface area contributed by atoms with Gasteiger partial charge in [0.05, 0.1) is 37.1 Å². The van der Waals surface area contributed by atoms with Crippen molar-refractivity contribution in [2.45, 2.75) is 44.4 Å². The third kappa shape index (κ3) is 2.45. The molecule has 3 rings (SSSR count). The minimum Gasteiger partial charge on any atom is -0.481 e. The number of fused-ring (bicyclic) bond motifs is 1. The van der Waals surface area contributed by atoms with Gasteiger partial charge < -0.3 is 15.2 Å². The zero-order chi connectivity index (χ0) is 15.0. The lowest BCUT2D eigenvalue weighted by atomic mass is 10.0. The van der Waals surface area contributed by atoms with Gasteiger partial charge in [-0.05, 0) is 26.2 Å². The lowest BCUT2D eigenvalue weighted by molar-refractivity contribution is -0.0714. The maximum Gasteiger partial charge on any atom is 0.216 e. The Kier molecular flexibility index (Phi) is 4.19. The Labute approximate surface area is 126 Å². The first-order valence-electron chi connectivity index (χ1n) is 7.82. The van der Waals surface area contributed by atoms with Crippen molar-refractivity contribution in [3.63, 3.8) is 0 Å². The van der Waals surface area contributed by atoms with E-state index in [0.717, 1.165) is 30.3 Å². The second-order valence-electron chi connectivity index (χ2n) is 6.03. The van der Waals surface area contributed by atoms with Gasteiger partial charge in [-0.25, -0.2) is 4.68 Å². The molecule has 118 valence electrons. The third-order valence-electron chi connectivity index (χ3n) is 4.89. The molecule has 2 N–H and O–H groups in total. The summed E-state index contributed by atoms with van der Waals surface area (Å²) in [6, 6.07) is 0.639. The van der Waals surface area contributed by atoms with Gasteiger partial charge in [0.15, 0.2) is 0 Å². The maximum absolute atomic E-state index is 6.15. The SMILES string of the molecule is COc1c(C(CN)N2CCOC3CCCC32)c(C)nn1C. The fourth-order valence-corrected chi connectivity index (χ4v) is 4.04. The van der Waals surface area contributed by atoms with E-state index in [1.54, 1.807) is 11.8 Å². The molecule has 3 atom stereocenters. The van der Waals surface area contributed by atoms with Gasteiger partial charge in [-0.2, -0.15) is 5.10 Å². The molecule has 3 unspecified atom stereocenters. The second-order valence-corrected chi connectivity index (χ2v) is 6.03. The van der Waals surface area contributed by atoms with Gasteiger partial charge in [0, 0.05) is 26.2 Å². The molecule has 1 saturated carbocycles. The van der Waals surface area contributed by atoms with Crippen molar-refractivity contribution < 1.29 is 9.47 Å². The van der Waals surface area contributed by atoms with Crippen LogP contribution in [0.15, 0.2) is 0 Å². The molecular formula is C15H26N4O2. The van der Waals surface area contributed by atoms with Crippen LogP contribution in [-0.2, 0) is 11.8 Å². The summed E-state index contributed by atoms with van der Waals surface area (Å²) in [5, 5.41) is 4.51. The highest BCUT2D eigenvalue weighted by molar-refractivity contribution is 5.35. The highest BCUT2D eigenvalue weighted by Crippen LogP contribution is 2.38. The predicted molar refractivity (Wildman–Crippen MR) is 80.4 cm³/mol. The fraction of sp³-hybridized carbons (Fsp3) is 0.800. The molecular weight excluding hydrogens is 268 g/mol. The second kappa shape index (κ2) is 5.94. The molecule has 0 bridgehead atoms. The standard InChI is InChI=1S/C15H26N4O2/c1-10-14(15(20-3)18(2)17-10)12(9-16)19-7-8-21-13-6-4-5-11(13)19/h11-13H,4-9,16H2,1-3H3. The number of nitrogens with zero attached hydrogens (tertiary/aromatic N) is 3. The quantitative estimate of drug-likeness (QED) is 0.897. The Morgan fingerprint density at radius 2 is 2.29 bits per heavy atom. The van der Waals surface area contributed by atoms with Crippen LogP contribution in [0.25, 0.3) is 0 Å². The van der Waals surface area contributed by atoms with Crippen LogP contribution < -0.4 is 10.5 Å². The molecule has 1 aromatic rings. The first-order chi connectivity index (χ1) is 10.2. The van der Waals surface area contributed by atoms with Gasteiger partial charge in [0.2, 0.25) is 5.88 Å². The molecule has 0 amide bonds. The van der Waals surface area contributed by atoms with Crippen molar-refractivity contribution in [3.05, 3.63) is 11.3 Å². The summed E-state index contributed by atoms with van der Waals surface area (Å²) >= 11 is 0. The average molecular weight is 294 g/mol. The minimum absolute atomic E-state index is 0.156. The van der Waals surface area contributed by atoms with E-state index in [0.29, 0.717) is 18.7 Å². The number of morpholine rings is 1. The summed E-state index contributed by atoms with van der Waals surface area (Å²) in [5.41, 5.74) is 8.28. The van der Waals surface area contributed by atoms with Gasteiger partial charge in [-0.1, -0.05) is 0 Å². The van der Waals surface area contributed by atoms with E-state index in [4.69, 9.17) is 15.2 Å². The number of ether oxygens (including phenoxy) is 2. The van der Waals surface area contributed by atoms with Crippen molar-refractivity contribution in [2.24, 2.45) is 12.8 Å². The van der Waals surface area contributed by atoms with Crippen LogP contribution in [0.5, 0.6) is 5.88 Å². The molecule has 2 fully saturated rings. The van der Waals surface area contributed by atoms with Crippen molar-refractivity contribution in [1.82, 2.24) is 14.7 Å². The van der Waals surface area contributed by atoms with E-state index in [2.05, 4.69) is 10.00 Å². The number of nitrogens with two attached hydrogens (primary N) is 1. The number of hydrogen-bond donors (Lipinski definition) is 1. The third-order valence-corrected chi connectivity index (χ3v) is 4.89. The molecule has 2 aliphatic rings. The number of hydrogen-bond acceptors (Lipinski definition) is 5. The first kappa shape index (κ1) is 14.8. The van der Waals surface area contributed by atoms with Crippen LogP contribution in [0.3, 0.4) is 0 Å². The van der Waals surface area contributed by atoms with Crippen LogP contribution in [-0.4, -0.2) is 53.6 Å². The topological polar surface area (TPSA) is 65.5 Å². The molecule has 1 aliphatic carbocycles. The number of methoxy groups -OCH3 is 1. The zero-order valence-corrected chi connectivity index (χ0v) is 13.2. The Balaban J connectivity index is 1.94. The summed E-state index contributed by atoms with van der Waals surface area (Å²) in [6.07, 6.45) is 3.98. The van der Waals surface area contributed by atoms with Crippen LogP contribution >= 0.6 is 0 Å². The van der Waals surface area contributed by atoms with E-state index in [-0.39, 0.29) is 6.04 Å². The number of aromatic nitrogens is 2. The number of rotatable bonds is 4. The molecule has 6 nitrogen and oxygen atoms in total. The Morgan fingerprint density at radius 1 is 1.48 bits per heavy atom. The Morgan fingerprint density at radius 3 is 3.00 bits per heavy atom. The molecule has 1 saturated heterocycles. The van der Waals surface area contributed by atoms with E-state index in [9.17, 15) is 0 Å². The summed E-state index contributed by atoms with van der Waals surface area (Å²) in [6.45, 7) is 4.33. The largest absolute Gasteiger partial charge is 0.481 e. The maximum atomic E-state index is 6.15. The van der Waals surface area contributed by atoms with Gasteiger partial charge in [-0.3, -0.25) is 4.90 Å². The molecule has 1 aliphatic heterocycles. The van der Waals surface area contributed by atoms with Crippen LogP contribution in [0.1, 0.15) is 36.6 Å².